The van der Waals surface area contributed by atoms with Crippen molar-refractivity contribution in [2.75, 3.05) is 6.61 Å². The van der Waals surface area contributed by atoms with Gasteiger partial charge in [-0.05, 0) is 37.0 Å². The molecule has 0 bridgehead atoms. The molecule has 0 aliphatic heterocycles. The summed E-state index contributed by atoms with van der Waals surface area (Å²) in [4.78, 5) is 23.6. The van der Waals surface area contributed by atoms with E-state index < -0.39 is 23.5 Å². The summed E-state index contributed by atoms with van der Waals surface area (Å²) in [6.45, 7) is 1.81. The standard InChI is InChI=1S/C14H14F2O3/c1-2-19-14(18)11-7-10-8(3-4-13(11)17)5-9(15)6-12(10)16/h5-6,11H,2-4,7H2,1H3. The fourth-order valence-electron chi connectivity index (χ4n) is 2.32. The first-order valence-corrected chi connectivity index (χ1v) is 6.19. The lowest BCUT2D eigenvalue weighted by atomic mass is 9.95. The molecule has 0 saturated carbocycles. The summed E-state index contributed by atoms with van der Waals surface area (Å²) in [6, 6.07) is 2.00. The van der Waals surface area contributed by atoms with Crippen LogP contribution in [0.1, 0.15) is 24.5 Å². The van der Waals surface area contributed by atoms with Gasteiger partial charge in [0, 0.05) is 12.5 Å². The first kappa shape index (κ1) is 13.6. The Morgan fingerprint density at radius 2 is 2.11 bits per heavy atom. The molecule has 0 aromatic heterocycles. The molecule has 0 fully saturated rings. The molecule has 1 aromatic carbocycles. The largest absolute Gasteiger partial charge is 0.465 e. The molecular formula is C14H14F2O3. The Hall–Kier alpha value is -1.78. The Morgan fingerprint density at radius 1 is 1.37 bits per heavy atom. The summed E-state index contributed by atoms with van der Waals surface area (Å²) < 4.78 is 31.7. The van der Waals surface area contributed by atoms with E-state index >= 15 is 0 Å². The number of carbonyl (C=O) groups excluding carboxylic acids is 2. The molecule has 5 heteroatoms. The average molecular weight is 268 g/mol. The van der Waals surface area contributed by atoms with Crippen molar-refractivity contribution in [1.82, 2.24) is 0 Å². The van der Waals surface area contributed by atoms with E-state index in [9.17, 15) is 18.4 Å². The van der Waals surface area contributed by atoms with Crippen molar-refractivity contribution < 1.29 is 23.1 Å². The second-order valence-electron chi connectivity index (χ2n) is 4.50. The lowest BCUT2D eigenvalue weighted by molar-refractivity contribution is -0.151. The third-order valence-electron chi connectivity index (χ3n) is 3.26. The highest BCUT2D eigenvalue weighted by Crippen LogP contribution is 2.26. The van der Waals surface area contributed by atoms with E-state index in [0.29, 0.717) is 5.56 Å². The van der Waals surface area contributed by atoms with Crippen LogP contribution in [0, 0.1) is 17.6 Å². The van der Waals surface area contributed by atoms with Crippen LogP contribution in [0.3, 0.4) is 0 Å². The van der Waals surface area contributed by atoms with Crippen LogP contribution in [0.2, 0.25) is 0 Å². The highest BCUT2D eigenvalue weighted by atomic mass is 19.1. The van der Waals surface area contributed by atoms with Gasteiger partial charge in [-0.1, -0.05) is 0 Å². The minimum absolute atomic E-state index is 0.0564. The maximum Gasteiger partial charge on any atom is 0.316 e. The summed E-state index contributed by atoms with van der Waals surface area (Å²) >= 11 is 0. The number of carbonyl (C=O) groups is 2. The summed E-state index contributed by atoms with van der Waals surface area (Å²) in [5.41, 5.74) is 0.697. The lowest BCUT2D eigenvalue weighted by Gasteiger charge is -2.12. The molecule has 1 aromatic rings. The van der Waals surface area contributed by atoms with Crippen molar-refractivity contribution in [3.8, 4) is 0 Å². The first-order valence-electron chi connectivity index (χ1n) is 6.19. The number of aryl methyl sites for hydroxylation is 1. The van der Waals surface area contributed by atoms with Crippen LogP contribution in [0.4, 0.5) is 8.78 Å². The van der Waals surface area contributed by atoms with Crippen LogP contribution in [0.15, 0.2) is 12.1 Å². The number of hydrogen-bond acceptors (Lipinski definition) is 3. The van der Waals surface area contributed by atoms with Gasteiger partial charge in [-0.2, -0.15) is 0 Å². The number of halogens is 2. The normalized spacial score (nSPS) is 18.7. The average Bonchev–Trinajstić information content (AvgIpc) is 2.50. The first-order chi connectivity index (χ1) is 9.02. The molecule has 1 aliphatic rings. The zero-order chi connectivity index (χ0) is 14.0. The van der Waals surface area contributed by atoms with Crippen molar-refractivity contribution >= 4 is 11.8 Å². The Labute approximate surface area is 109 Å². The van der Waals surface area contributed by atoms with Crippen LogP contribution < -0.4 is 0 Å². The van der Waals surface area contributed by atoms with Gasteiger partial charge >= 0.3 is 5.97 Å². The van der Waals surface area contributed by atoms with Crippen LogP contribution in [-0.2, 0) is 27.2 Å². The predicted molar refractivity (Wildman–Crippen MR) is 63.5 cm³/mol. The molecule has 0 spiro atoms. The zero-order valence-electron chi connectivity index (χ0n) is 10.5. The maximum atomic E-state index is 13.8. The highest BCUT2D eigenvalue weighted by molar-refractivity contribution is 5.99. The van der Waals surface area contributed by atoms with Gasteiger partial charge in [-0.15, -0.1) is 0 Å². The number of fused-ring (bicyclic) bond motifs is 1. The molecule has 3 nitrogen and oxygen atoms in total. The van der Waals surface area contributed by atoms with E-state index in [2.05, 4.69) is 0 Å². The van der Waals surface area contributed by atoms with E-state index in [0.717, 1.165) is 6.07 Å². The van der Waals surface area contributed by atoms with E-state index in [1.807, 2.05) is 0 Å². The van der Waals surface area contributed by atoms with Gasteiger partial charge < -0.3 is 4.74 Å². The number of ether oxygens (including phenoxy) is 1. The van der Waals surface area contributed by atoms with E-state index in [-0.39, 0.29) is 37.2 Å². The summed E-state index contributed by atoms with van der Waals surface area (Å²) in [7, 11) is 0. The molecule has 1 atom stereocenters. The molecule has 1 unspecified atom stereocenters. The van der Waals surface area contributed by atoms with Gasteiger partial charge in [0.1, 0.15) is 23.3 Å². The number of rotatable bonds is 2. The topological polar surface area (TPSA) is 43.4 Å². The minimum Gasteiger partial charge on any atom is -0.465 e. The zero-order valence-corrected chi connectivity index (χ0v) is 10.5. The lowest BCUT2D eigenvalue weighted by Crippen LogP contribution is -2.27. The van der Waals surface area contributed by atoms with E-state index in [1.54, 1.807) is 6.92 Å². The summed E-state index contributed by atoms with van der Waals surface area (Å²) in [5.74, 6) is -3.28. The predicted octanol–water partition coefficient (Wildman–Crippen LogP) is 2.20. The maximum absolute atomic E-state index is 13.8. The van der Waals surface area contributed by atoms with Crippen molar-refractivity contribution in [2.24, 2.45) is 5.92 Å². The summed E-state index contributed by atoms with van der Waals surface area (Å²) in [5, 5.41) is 0. The van der Waals surface area contributed by atoms with Crippen molar-refractivity contribution in [3.05, 3.63) is 34.9 Å². The second-order valence-corrected chi connectivity index (χ2v) is 4.50. The molecule has 1 aliphatic carbocycles. The van der Waals surface area contributed by atoms with E-state index in [1.165, 1.54) is 6.07 Å². The summed E-state index contributed by atoms with van der Waals surface area (Å²) in [6.07, 6.45) is 0.289. The molecule has 0 radical (unpaired) electrons. The molecule has 0 amide bonds. The fraction of sp³-hybridized carbons (Fsp3) is 0.429. The number of benzene rings is 1. The van der Waals surface area contributed by atoms with Gasteiger partial charge in [0.2, 0.25) is 0 Å². The van der Waals surface area contributed by atoms with Gasteiger partial charge in [-0.25, -0.2) is 8.78 Å². The van der Waals surface area contributed by atoms with E-state index in [4.69, 9.17) is 4.74 Å². The Bertz CT molecular complexity index is 526. The van der Waals surface area contributed by atoms with Crippen LogP contribution >= 0.6 is 0 Å². The number of esters is 1. The van der Waals surface area contributed by atoms with Crippen molar-refractivity contribution in [1.29, 1.82) is 0 Å². The van der Waals surface area contributed by atoms with Gasteiger partial charge in [0.15, 0.2) is 0 Å². The minimum atomic E-state index is -0.985. The van der Waals surface area contributed by atoms with Gasteiger partial charge in [0.25, 0.3) is 0 Å². The van der Waals surface area contributed by atoms with Gasteiger partial charge in [0.05, 0.1) is 6.61 Å². The molecule has 102 valence electrons. The Balaban J connectivity index is 2.36. The number of ketones is 1. The molecular weight excluding hydrogens is 254 g/mol. The van der Waals surface area contributed by atoms with Crippen molar-refractivity contribution in [2.45, 2.75) is 26.2 Å². The smallest absolute Gasteiger partial charge is 0.316 e. The molecule has 19 heavy (non-hydrogen) atoms. The number of hydrogen-bond donors (Lipinski definition) is 0. The van der Waals surface area contributed by atoms with Crippen LogP contribution in [0.5, 0.6) is 0 Å². The van der Waals surface area contributed by atoms with Gasteiger partial charge in [-0.3, -0.25) is 9.59 Å². The third-order valence-corrected chi connectivity index (χ3v) is 3.26. The highest BCUT2D eigenvalue weighted by Gasteiger charge is 2.32. The molecule has 0 heterocycles. The Morgan fingerprint density at radius 3 is 2.79 bits per heavy atom. The number of Topliss-reactive ketones (excluding diaryl/α,β-unsaturated/α-hetero) is 1. The van der Waals surface area contributed by atoms with Crippen LogP contribution in [0.25, 0.3) is 0 Å². The third kappa shape index (κ3) is 2.80. The van der Waals surface area contributed by atoms with Crippen LogP contribution in [-0.4, -0.2) is 18.4 Å². The monoisotopic (exact) mass is 268 g/mol. The Kier molecular flexibility index (Phi) is 3.93. The molecule has 0 N–H and O–H groups in total. The quantitative estimate of drug-likeness (QED) is 0.469. The molecule has 2 rings (SSSR count). The fourth-order valence-corrected chi connectivity index (χ4v) is 2.32. The SMILES string of the molecule is CCOC(=O)C1Cc2c(F)cc(F)cc2CCC1=O. The van der Waals surface area contributed by atoms with Crippen molar-refractivity contribution in [3.63, 3.8) is 0 Å². The second kappa shape index (κ2) is 5.47. The molecule has 0 saturated heterocycles.